The highest BCUT2D eigenvalue weighted by atomic mass is 16.5. The number of carbonyl (C=O) groups excluding carboxylic acids is 1. The number of likely N-dealkylation sites (N-methyl/N-ethyl adjacent to an activating group) is 2. The summed E-state index contributed by atoms with van der Waals surface area (Å²) in [6, 6.07) is 11.0. The molecular weight excluding hydrogens is 382 g/mol. The number of anilines is 1. The Morgan fingerprint density at radius 1 is 1.17 bits per heavy atom. The van der Waals surface area contributed by atoms with Gasteiger partial charge in [-0.2, -0.15) is 0 Å². The van der Waals surface area contributed by atoms with Crippen LogP contribution in [-0.2, 0) is 0 Å². The minimum Gasteiger partial charge on any atom is -0.490 e. The molecule has 0 spiro atoms. The summed E-state index contributed by atoms with van der Waals surface area (Å²) < 4.78 is 11.5. The number of hydrogen-bond donors (Lipinski definition) is 2. The maximum absolute atomic E-state index is 12.5. The lowest BCUT2D eigenvalue weighted by atomic mass is 10.2. The monoisotopic (exact) mass is 415 g/mol. The van der Waals surface area contributed by atoms with Gasteiger partial charge in [0.05, 0.1) is 18.0 Å². The van der Waals surface area contributed by atoms with Gasteiger partial charge in [-0.25, -0.2) is 4.79 Å². The van der Waals surface area contributed by atoms with E-state index in [2.05, 4.69) is 27.5 Å². The quantitative estimate of drug-likeness (QED) is 0.655. The molecule has 1 aliphatic rings. The molecule has 1 fully saturated rings. The Hall–Kier alpha value is -2.55. The minimum absolute atomic E-state index is 0.0409. The van der Waals surface area contributed by atoms with Crippen molar-refractivity contribution in [1.29, 1.82) is 0 Å². The summed E-state index contributed by atoms with van der Waals surface area (Å²) in [4.78, 5) is 19.2. The van der Waals surface area contributed by atoms with Crippen molar-refractivity contribution in [2.45, 2.75) is 6.04 Å². The van der Waals surface area contributed by atoms with E-state index < -0.39 is 0 Å². The number of piperazine rings is 1. The van der Waals surface area contributed by atoms with Crippen LogP contribution in [0.5, 0.6) is 5.75 Å². The highest BCUT2D eigenvalue weighted by molar-refractivity contribution is 5.90. The van der Waals surface area contributed by atoms with Gasteiger partial charge in [0.15, 0.2) is 0 Å². The van der Waals surface area contributed by atoms with Crippen LogP contribution in [0.25, 0.3) is 0 Å². The van der Waals surface area contributed by atoms with E-state index in [0.29, 0.717) is 24.6 Å². The van der Waals surface area contributed by atoms with Gasteiger partial charge in [-0.3, -0.25) is 9.80 Å². The van der Waals surface area contributed by atoms with Crippen LogP contribution in [0, 0.1) is 0 Å². The zero-order valence-corrected chi connectivity index (χ0v) is 18.1. The molecule has 0 aliphatic carbocycles. The molecule has 0 bridgehead atoms. The first kappa shape index (κ1) is 22.1. The SMILES string of the molecule is CN1CCN(CCOc2ccccc2NC(=O)NCC(c2ccco2)N(C)C)CC1. The summed E-state index contributed by atoms with van der Waals surface area (Å²) in [7, 11) is 6.06. The molecule has 1 atom stereocenters. The molecule has 2 heterocycles. The number of nitrogens with zero attached hydrogens (tertiary/aromatic N) is 3. The second-order valence-corrected chi connectivity index (χ2v) is 7.82. The van der Waals surface area contributed by atoms with Gasteiger partial charge in [0.1, 0.15) is 18.1 Å². The van der Waals surface area contributed by atoms with Crippen molar-refractivity contribution < 1.29 is 13.9 Å². The molecule has 3 rings (SSSR count). The van der Waals surface area contributed by atoms with E-state index in [1.54, 1.807) is 6.26 Å². The van der Waals surface area contributed by atoms with Gasteiger partial charge in [0, 0.05) is 39.3 Å². The zero-order chi connectivity index (χ0) is 21.3. The van der Waals surface area contributed by atoms with Crippen LogP contribution in [0.3, 0.4) is 0 Å². The number of ether oxygens (including phenoxy) is 1. The second kappa shape index (κ2) is 11.0. The number of carbonyl (C=O) groups is 1. The molecule has 1 unspecified atom stereocenters. The first-order valence-corrected chi connectivity index (χ1v) is 10.4. The van der Waals surface area contributed by atoms with E-state index in [4.69, 9.17) is 9.15 Å². The Kier molecular flexibility index (Phi) is 8.12. The zero-order valence-electron chi connectivity index (χ0n) is 18.1. The molecule has 1 aromatic carbocycles. The molecule has 8 nitrogen and oxygen atoms in total. The molecule has 1 saturated heterocycles. The predicted molar refractivity (Wildman–Crippen MR) is 118 cm³/mol. The van der Waals surface area contributed by atoms with E-state index in [1.807, 2.05) is 55.4 Å². The number of benzene rings is 1. The molecule has 30 heavy (non-hydrogen) atoms. The molecule has 0 radical (unpaired) electrons. The average Bonchev–Trinajstić information content (AvgIpc) is 3.25. The standard InChI is InChI=1S/C22H33N5O3/c1-25(2)19(21-9-6-15-29-21)17-23-22(28)24-18-7-4-5-8-20(18)30-16-14-27-12-10-26(3)11-13-27/h4-9,15,19H,10-14,16-17H2,1-3H3,(H2,23,24,28). The van der Waals surface area contributed by atoms with Crippen molar-refractivity contribution in [3.63, 3.8) is 0 Å². The van der Waals surface area contributed by atoms with Crippen molar-refractivity contribution >= 4 is 11.7 Å². The van der Waals surface area contributed by atoms with Crippen LogP contribution in [-0.4, -0.2) is 87.7 Å². The van der Waals surface area contributed by atoms with Gasteiger partial charge in [-0.1, -0.05) is 12.1 Å². The number of hydrogen-bond acceptors (Lipinski definition) is 6. The summed E-state index contributed by atoms with van der Waals surface area (Å²) in [5.74, 6) is 1.49. The number of furan rings is 1. The Morgan fingerprint density at radius 2 is 1.93 bits per heavy atom. The molecule has 8 heteroatoms. The number of rotatable bonds is 9. The highest BCUT2D eigenvalue weighted by Crippen LogP contribution is 2.24. The van der Waals surface area contributed by atoms with Crippen LogP contribution in [0.4, 0.5) is 10.5 Å². The van der Waals surface area contributed by atoms with Crippen molar-refractivity contribution in [2.75, 3.05) is 72.3 Å². The lowest BCUT2D eigenvalue weighted by Gasteiger charge is -2.32. The molecule has 1 aromatic heterocycles. The fraction of sp³-hybridized carbons (Fsp3) is 0.500. The molecule has 164 valence electrons. The van der Waals surface area contributed by atoms with Gasteiger partial charge >= 0.3 is 6.03 Å². The third-order valence-corrected chi connectivity index (χ3v) is 5.35. The van der Waals surface area contributed by atoms with E-state index in [1.165, 1.54) is 0 Å². The van der Waals surface area contributed by atoms with Crippen LogP contribution in [0.1, 0.15) is 11.8 Å². The molecule has 2 amide bonds. The first-order valence-electron chi connectivity index (χ1n) is 10.4. The molecule has 0 saturated carbocycles. The molecule has 2 N–H and O–H groups in total. The van der Waals surface area contributed by atoms with Crippen molar-refractivity contribution in [1.82, 2.24) is 20.0 Å². The van der Waals surface area contributed by atoms with E-state index in [-0.39, 0.29) is 12.1 Å². The fourth-order valence-corrected chi connectivity index (χ4v) is 3.43. The molecular formula is C22H33N5O3. The van der Waals surface area contributed by atoms with Crippen LogP contribution < -0.4 is 15.4 Å². The van der Waals surface area contributed by atoms with Crippen molar-refractivity contribution in [3.05, 3.63) is 48.4 Å². The summed E-state index contributed by atoms with van der Waals surface area (Å²) >= 11 is 0. The van der Waals surface area contributed by atoms with Crippen LogP contribution in [0.2, 0.25) is 0 Å². The second-order valence-electron chi connectivity index (χ2n) is 7.82. The maximum atomic E-state index is 12.5. The number of para-hydroxylation sites is 2. The lowest BCUT2D eigenvalue weighted by molar-refractivity contribution is 0.134. The number of urea groups is 1. The number of nitrogens with one attached hydrogen (secondary N) is 2. The van der Waals surface area contributed by atoms with Gasteiger partial charge in [-0.05, 0) is 45.4 Å². The van der Waals surface area contributed by atoms with E-state index in [9.17, 15) is 4.79 Å². The van der Waals surface area contributed by atoms with Gasteiger partial charge in [0.25, 0.3) is 0 Å². The van der Waals surface area contributed by atoms with Gasteiger partial charge < -0.3 is 24.7 Å². The Labute approximate surface area is 178 Å². The van der Waals surface area contributed by atoms with E-state index >= 15 is 0 Å². The van der Waals surface area contributed by atoms with Crippen LogP contribution >= 0.6 is 0 Å². The van der Waals surface area contributed by atoms with Crippen molar-refractivity contribution in [3.8, 4) is 5.75 Å². The summed E-state index contributed by atoms with van der Waals surface area (Å²) in [5, 5.41) is 5.82. The van der Waals surface area contributed by atoms with Gasteiger partial charge in [0.2, 0.25) is 0 Å². The largest absolute Gasteiger partial charge is 0.490 e. The Balaban J connectivity index is 1.48. The van der Waals surface area contributed by atoms with Crippen molar-refractivity contribution in [2.24, 2.45) is 0 Å². The third kappa shape index (κ3) is 6.48. The van der Waals surface area contributed by atoms with E-state index in [0.717, 1.165) is 38.5 Å². The predicted octanol–water partition coefficient (Wildman–Crippen LogP) is 2.33. The Morgan fingerprint density at radius 3 is 2.63 bits per heavy atom. The normalized spacial score (nSPS) is 16.4. The first-order chi connectivity index (χ1) is 14.5. The summed E-state index contributed by atoms with van der Waals surface area (Å²) in [6.07, 6.45) is 1.64. The summed E-state index contributed by atoms with van der Waals surface area (Å²) in [6.45, 7) is 6.19. The Bertz CT molecular complexity index is 773. The lowest BCUT2D eigenvalue weighted by Crippen LogP contribution is -2.45. The molecule has 2 aromatic rings. The summed E-state index contributed by atoms with van der Waals surface area (Å²) in [5.41, 5.74) is 0.660. The minimum atomic E-state index is -0.275. The fourth-order valence-electron chi connectivity index (χ4n) is 3.43. The maximum Gasteiger partial charge on any atom is 0.319 e. The van der Waals surface area contributed by atoms with Gasteiger partial charge in [-0.15, -0.1) is 0 Å². The third-order valence-electron chi connectivity index (χ3n) is 5.35. The van der Waals surface area contributed by atoms with Crippen LogP contribution in [0.15, 0.2) is 47.1 Å². The average molecular weight is 416 g/mol. The number of amides is 2. The topological polar surface area (TPSA) is 73.2 Å². The smallest absolute Gasteiger partial charge is 0.319 e. The molecule has 1 aliphatic heterocycles. The highest BCUT2D eigenvalue weighted by Gasteiger charge is 2.18.